The number of carbonyl (C=O) groups is 1. The molecule has 0 atom stereocenters. The van der Waals surface area contributed by atoms with Gasteiger partial charge in [-0.1, -0.05) is 29.3 Å². The van der Waals surface area contributed by atoms with E-state index in [2.05, 4.69) is 4.98 Å². The molecular formula is C13H8Cl2F2N2O2. The minimum Gasteiger partial charge on any atom is -0.476 e. The molecule has 3 N–H and O–H groups in total. The normalized spacial score (nSPS) is 10.7. The molecule has 0 aliphatic rings. The molecule has 0 spiro atoms. The topological polar surface area (TPSA) is 76.2 Å². The lowest BCUT2D eigenvalue weighted by atomic mass is 10.0. The number of nitrogen functional groups attached to an aromatic ring is 1. The van der Waals surface area contributed by atoms with Crippen molar-refractivity contribution in [2.45, 2.75) is 6.92 Å². The third-order valence-electron chi connectivity index (χ3n) is 2.91. The number of halogens is 4. The second-order valence-corrected chi connectivity index (χ2v) is 4.97. The molecule has 0 amide bonds. The van der Waals surface area contributed by atoms with Crippen molar-refractivity contribution in [3.63, 3.8) is 0 Å². The first-order valence-electron chi connectivity index (χ1n) is 5.58. The zero-order chi connectivity index (χ0) is 15.9. The van der Waals surface area contributed by atoms with Crippen molar-refractivity contribution < 1.29 is 18.7 Å². The Morgan fingerprint density at radius 2 is 1.90 bits per heavy atom. The van der Waals surface area contributed by atoms with Gasteiger partial charge in [-0.3, -0.25) is 0 Å². The van der Waals surface area contributed by atoms with Crippen LogP contribution in [0.15, 0.2) is 12.1 Å². The Balaban J connectivity index is 2.82. The van der Waals surface area contributed by atoms with Crippen LogP contribution in [0.4, 0.5) is 14.5 Å². The summed E-state index contributed by atoms with van der Waals surface area (Å²) in [5.74, 6) is -3.24. The third-order valence-corrected chi connectivity index (χ3v) is 3.58. The highest BCUT2D eigenvalue weighted by molar-refractivity contribution is 6.35. The maximum Gasteiger partial charge on any atom is 0.356 e. The van der Waals surface area contributed by atoms with Gasteiger partial charge in [0.1, 0.15) is 11.5 Å². The predicted molar refractivity (Wildman–Crippen MR) is 75.7 cm³/mol. The number of carboxylic acid groups (broad SMARTS) is 1. The van der Waals surface area contributed by atoms with Crippen molar-refractivity contribution in [1.29, 1.82) is 0 Å². The Morgan fingerprint density at radius 3 is 2.48 bits per heavy atom. The Hall–Kier alpha value is -1.92. The summed E-state index contributed by atoms with van der Waals surface area (Å²) in [6.07, 6.45) is 0. The summed E-state index contributed by atoms with van der Waals surface area (Å²) in [5.41, 5.74) is 3.94. The zero-order valence-corrected chi connectivity index (χ0v) is 12.1. The van der Waals surface area contributed by atoms with Crippen molar-refractivity contribution in [1.82, 2.24) is 4.98 Å². The molecule has 0 saturated heterocycles. The van der Waals surface area contributed by atoms with Crippen molar-refractivity contribution in [3.05, 3.63) is 45.1 Å². The van der Waals surface area contributed by atoms with Gasteiger partial charge in [0.2, 0.25) is 0 Å². The first-order valence-corrected chi connectivity index (χ1v) is 6.34. The fourth-order valence-electron chi connectivity index (χ4n) is 1.79. The molecule has 110 valence electrons. The maximum atomic E-state index is 14.2. The van der Waals surface area contributed by atoms with E-state index in [1.165, 1.54) is 19.1 Å². The van der Waals surface area contributed by atoms with E-state index >= 15 is 0 Å². The van der Waals surface area contributed by atoms with Gasteiger partial charge in [0, 0.05) is 5.56 Å². The minimum absolute atomic E-state index is 0.0203. The molecule has 0 fully saturated rings. The number of nitrogens with two attached hydrogens (primary N) is 1. The largest absolute Gasteiger partial charge is 0.476 e. The second kappa shape index (κ2) is 5.46. The van der Waals surface area contributed by atoms with Crippen LogP contribution in [0.3, 0.4) is 0 Å². The fraction of sp³-hybridized carbons (Fsp3) is 0.0769. The van der Waals surface area contributed by atoms with Crippen molar-refractivity contribution in [2.75, 3.05) is 5.73 Å². The van der Waals surface area contributed by atoms with Gasteiger partial charge in [0.25, 0.3) is 0 Å². The molecule has 4 nitrogen and oxygen atoms in total. The van der Waals surface area contributed by atoms with Crippen LogP contribution < -0.4 is 5.73 Å². The average molecular weight is 333 g/mol. The van der Waals surface area contributed by atoms with E-state index in [1.807, 2.05) is 0 Å². The number of pyridine rings is 1. The van der Waals surface area contributed by atoms with Gasteiger partial charge in [-0.05, 0) is 18.6 Å². The van der Waals surface area contributed by atoms with Crippen molar-refractivity contribution >= 4 is 34.9 Å². The number of aromatic nitrogens is 1. The van der Waals surface area contributed by atoms with Crippen molar-refractivity contribution in [3.8, 4) is 11.3 Å². The van der Waals surface area contributed by atoms with E-state index in [1.54, 1.807) is 0 Å². The van der Waals surface area contributed by atoms with Crippen LogP contribution in [0.1, 0.15) is 16.1 Å². The standard InChI is InChI=1S/C13H8Cl2F2N2O2/c1-4-5(2-3-6(14)8(4)16)11-9(17)10(18)7(15)12(19-11)13(20)21/h2-3H,1H3,(H2,18,19)(H,20,21). The van der Waals surface area contributed by atoms with Crippen molar-refractivity contribution in [2.24, 2.45) is 0 Å². The summed E-state index contributed by atoms with van der Waals surface area (Å²) in [6.45, 7) is 1.36. The van der Waals surface area contributed by atoms with Gasteiger partial charge in [-0.2, -0.15) is 0 Å². The second-order valence-electron chi connectivity index (χ2n) is 4.19. The van der Waals surface area contributed by atoms with Gasteiger partial charge < -0.3 is 10.8 Å². The van der Waals surface area contributed by atoms with E-state index in [0.29, 0.717) is 0 Å². The van der Waals surface area contributed by atoms with E-state index < -0.39 is 39.7 Å². The molecule has 0 unspecified atom stereocenters. The lowest BCUT2D eigenvalue weighted by Gasteiger charge is -2.12. The Bertz CT molecular complexity index is 767. The van der Waals surface area contributed by atoms with Crippen LogP contribution >= 0.6 is 23.2 Å². The highest BCUT2D eigenvalue weighted by Gasteiger charge is 2.23. The zero-order valence-electron chi connectivity index (χ0n) is 10.5. The summed E-state index contributed by atoms with van der Waals surface area (Å²) in [7, 11) is 0. The molecule has 0 saturated carbocycles. The Labute approximate surface area is 128 Å². The summed E-state index contributed by atoms with van der Waals surface area (Å²) in [6, 6.07) is 2.54. The van der Waals surface area contributed by atoms with Crippen LogP contribution in [-0.2, 0) is 0 Å². The highest BCUT2D eigenvalue weighted by Crippen LogP contribution is 2.35. The van der Waals surface area contributed by atoms with Gasteiger partial charge in [0.15, 0.2) is 11.5 Å². The van der Waals surface area contributed by atoms with Gasteiger partial charge >= 0.3 is 5.97 Å². The van der Waals surface area contributed by atoms with E-state index in [4.69, 9.17) is 34.0 Å². The van der Waals surface area contributed by atoms with Crippen LogP contribution in [0, 0.1) is 18.6 Å². The van der Waals surface area contributed by atoms with Gasteiger partial charge in [-0.15, -0.1) is 0 Å². The molecule has 0 bridgehead atoms. The Morgan fingerprint density at radius 1 is 1.29 bits per heavy atom. The van der Waals surface area contributed by atoms with Crippen LogP contribution in [0.25, 0.3) is 11.3 Å². The number of hydrogen-bond donors (Lipinski definition) is 2. The predicted octanol–water partition coefficient (Wildman–Crippen LogP) is 3.92. The summed E-state index contributed by atoms with van der Waals surface area (Å²) < 4.78 is 28.0. The lowest BCUT2D eigenvalue weighted by Crippen LogP contribution is -2.09. The first kappa shape index (κ1) is 15.5. The number of benzene rings is 1. The smallest absolute Gasteiger partial charge is 0.356 e. The molecule has 0 aliphatic heterocycles. The monoisotopic (exact) mass is 332 g/mol. The van der Waals surface area contributed by atoms with E-state index in [9.17, 15) is 13.6 Å². The fourth-order valence-corrected chi connectivity index (χ4v) is 2.20. The summed E-state index contributed by atoms with van der Waals surface area (Å²) in [5, 5.41) is 8.35. The number of nitrogens with zero attached hydrogens (tertiary/aromatic N) is 1. The SMILES string of the molecule is Cc1c(-c2nc(C(=O)O)c(Cl)c(N)c2F)ccc(Cl)c1F. The molecule has 0 aliphatic carbocycles. The molecule has 2 aromatic rings. The summed E-state index contributed by atoms with van der Waals surface area (Å²) in [4.78, 5) is 14.7. The molecule has 1 aromatic carbocycles. The van der Waals surface area contributed by atoms with Gasteiger partial charge in [0.05, 0.1) is 15.7 Å². The molecular weight excluding hydrogens is 325 g/mol. The van der Waals surface area contributed by atoms with E-state index in [-0.39, 0.29) is 16.1 Å². The Kier molecular flexibility index (Phi) is 4.02. The molecule has 1 heterocycles. The quantitative estimate of drug-likeness (QED) is 0.873. The number of hydrogen-bond acceptors (Lipinski definition) is 3. The van der Waals surface area contributed by atoms with Crippen LogP contribution in [0.5, 0.6) is 0 Å². The van der Waals surface area contributed by atoms with Crippen LogP contribution in [0.2, 0.25) is 10.0 Å². The van der Waals surface area contributed by atoms with Crippen LogP contribution in [-0.4, -0.2) is 16.1 Å². The highest BCUT2D eigenvalue weighted by atomic mass is 35.5. The molecule has 8 heteroatoms. The molecule has 21 heavy (non-hydrogen) atoms. The molecule has 2 rings (SSSR count). The van der Waals surface area contributed by atoms with Gasteiger partial charge in [-0.25, -0.2) is 18.6 Å². The minimum atomic E-state index is -1.47. The summed E-state index contributed by atoms with van der Waals surface area (Å²) >= 11 is 11.3. The molecule has 0 radical (unpaired) electrons. The third kappa shape index (κ3) is 2.52. The number of rotatable bonds is 2. The number of anilines is 1. The van der Waals surface area contributed by atoms with E-state index in [0.717, 1.165) is 0 Å². The average Bonchev–Trinajstić information content (AvgIpc) is 2.43. The first-order chi connectivity index (χ1) is 9.75. The number of carboxylic acids is 1. The number of aromatic carboxylic acids is 1. The maximum absolute atomic E-state index is 14.2. The lowest BCUT2D eigenvalue weighted by molar-refractivity contribution is 0.0691. The molecule has 1 aromatic heterocycles.